The van der Waals surface area contributed by atoms with Crippen LogP contribution >= 0.6 is 0 Å². The Kier molecular flexibility index (Phi) is 3.43. The fourth-order valence-corrected chi connectivity index (χ4v) is 1.99. The molecule has 20 heavy (non-hydrogen) atoms. The van der Waals surface area contributed by atoms with Gasteiger partial charge in [0.2, 0.25) is 0 Å². The van der Waals surface area contributed by atoms with Crippen molar-refractivity contribution in [3.63, 3.8) is 0 Å². The highest BCUT2D eigenvalue weighted by Crippen LogP contribution is 2.29. The van der Waals surface area contributed by atoms with Gasteiger partial charge in [0, 0.05) is 5.56 Å². The lowest BCUT2D eigenvalue weighted by molar-refractivity contribution is -0.0500. The minimum Gasteiger partial charge on any atom is -0.376 e. The van der Waals surface area contributed by atoms with E-state index in [1.807, 2.05) is 0 Å². The zero-order chi connectivity index (χ0) is 15.0. The summed E-state index contributed by atoms with van der Waals surface area (Å²) >= 11 is 0. The molecule has 0 bridgehead atoms. The smallest absolute Gasteiger partial charge is 0.376 e. The van der Waals surface area contributed by atoms with Crippen LogP contribution in [0.15, 0.2) is 36.4 Å². The summed E-state index contributed by atoms with van der Waals surface area (Å²) in [5, 5.41) is 1.02. The molecule has 0 atom stereocenters. The third-order valence-electron chi connectivity index (χ3n) is 2.46. The topological polar surface area (TPSA) is 60.4 Å². The van der Waals surface area contributed by atoms with E-state index in [1.165, 1.54) is 24.3 Å². The number of alkyl halides is 3. The van der Waals surface area contributed by atoms with Crippen LogP contribution in [0.5, 0.6) is 5.75 Å². The Labute approximate surface area is 111 Å². The Morgan fingerprint density at radius 1 is 1.00 bits per heavy atom. The van der Waals surface area contributed by atoms with Gasteiger partial charge in [-0.1, -0.05) is 18.2 Å². The van der Waals surface area contributed by atoms with Crippen LogP contribution in [0.2, 0.25) is 0 Å². The number of carbonyl (C=O) groups is 1. The maximum Gasteiger partial charge on any atom is 0.534 e. The molecule has 2 aromatic rings. The van der Waals surface area contributed by atoms with Crippen LogP contribution < -0.4 is 4.18 Å². The quantitative estimate of drug-likeness (QED) is 0.497. The van der Waals surface area contributed by atoms with E-state index in [9.17, 15) is 26.4 Å². The largest absolute Gasteiger partial charge is 0.534 e. The van der Waals surface area contributed by atoms with Gasteiger partial charge in [0.15, 0.2) is 0 Å². The summed E-state index contributed by atoms with van der Waals surface area (Å²) in [6.07, 6.45) is 0.623. The van der Waals surface area contributed by atoms with Gasteiger partial charge in [0.1, 0.15) is 12.0 Å². The first-order valence-electron chi connectivity index (χ1n) is 5.23. The standard InChI is InChI=1S/C12H7F3O4S/c13-12(14,15)20(17,18)19-11-4-3-9-5-8(7-16)1-2-10(9)6-11/h1-7H. The molecule has 0 spiro atoms. The zero-order valence-corrected chi connectivity index (χ0v) is 10.5. The summed E-state index contributed by atoms with van der Waals surface area (Å²) < 4.78 is 62.3. The molecule has 106 valence electrons. The highest BCUT2D eigenvalue weighted by atomic mass is 32.2. The van der Waals surface area contributed by atoms with Gasteiger partial charge in [-0.05, 0) is 29.0 Å². The maximum absolute atomic E-state index is 12.2. The van der Waals surface area contributed by atoms with Gasteiger partial charge >= 0.3 is 15.6 Å². The average molecular weight is 304 g/mol. The molecular weight excluding hydrogens is 297 g/mol. The normalized spacial score (nSPS) is 12.3. The van der Waals surface area contributed by atoms with Crippen LogP contribution in [-0.4, -0.2) is 20.2 Å². The molecule has 2 rings (SSSR count). The molecule has 0 saturated carbocycles. The maximum atomic E-state index is 12.2. The minimum atomic E-state index is -5.69. The van der Waals surface area contributed by atoms with Crippen molar-refractivity contribution in [2.45, 2.75) is 5.51 Å². The Morgan fingerprint density at radius 3 is 2.20 bits per heavy atom. The summed E-state index contributed by atoms with van der Waals surface area (Å²) in [6, 6.07) is 8.05. The van der Waals surface area contributed by atoms with E-state index in [0.717, 1.165) is 12.1 Å². The molecule has 0 N–H and O–H groups in total. The number of hydrogen-bond donors (Lipinski definition) is 0. The number of aldehydes is 1. The summed E-state index contributed by atoms with van der Waals surface area (Å²) in [5.74, 6) is -0.450. The van der Waals surface area contributed by atoms with Crippen LogP contribution in [0.4, 0.5) is 13.2 Å². The summed E-state index contributed by atoms with van der Waals surface area (Å²) in [5.41, 5.74) is -5.09. The van der Waals surface area contributed by atoms with Crippen LogP contribution in [0, 0.1) is 0 Å². The second-order valence-corrected chi connectivity index (χ2v) is 5.41. The minimum absolute atomic E-state index is 0.397. The lowest BCUT2D eigenvalue weighted by atomic mass is 10.1. The molecule has 0 unspecified atom stereocenters. The predicted octanol–water partition coefficient (Wildman–Crippen LogP) is 2.88. The number of benzene rings is 2. The third-order valence-corrected chi connectivity index (χ3v) is 3.44. The molecular formula is C12H7F3O4S. The van der Waals surface area contributed by atoms with Gasteiger partial charge in [-0.2, -0.15) is 21.6 Å². The van der Waals surface area contributed by atoms with E-state index >= 15 is 0 Å². The molecule has 0 saturated heterocycles. The van der Waals surface area contributed by atoms with Gasteiger partial charge in [0.25, 0.3) is 0 Å². The Balaban J connectivity index is 2.41. The zero-order valence-electron chi connectivity index (χ0n) is 9.72. The number of carbonyl (C=O) groups excluding carboxylic acids is 1. The Bertz CT molecular complexity index is 766. The number of fused-ring (bicyclic) bond motifs is 1. The van der Waals surface area contributed by atoms with Crippen molar-refractivity contribution in [1.29, 1.82) is 0 Å². The highest BCUT2D eigenvalue weighted by molar-refractivity contribution is 7.88. The van der Waals surface area contributed by atoms with Crippen molar-refractivity contribution in [2.75, 3.05) is 0 Å². The number of rotatable bonds is 3. The van der Waals surface area contributed by atoms with E-state index in [4.69, 9.17) is 0 Å². The van der Waals surface area contributed by atoms with E-state index in [0.29, 0.717) is 22.6 Å². The van der Waals surface area contributed by atoms with E-state index in [1.54, 1.807) is 0 Å². The molecule has 8 heteroatoms. The first-order chi connectivity index (χ1) is 9.23. The second-order valence-electron chi connectivity index (χ2n) is 3.87. The predicted molar refractivity (Wildman–Crippen MR) is 64.9 cm³/mol. The van der Waals surface area contributed by atoms with Crippen LogP contribution in [0.1, 0.15) is 10.4 Å². The molecule has 0 aliphatic rings. The lowest BCUT2D eigenvalue weighted by Gasteiger charge is -2.10. The van der Waals surface area contributed by atoms with Crippen molar-refractivity contribution >= 4 is 27.2 Å². The fraction of sp³-hybridized carbons (Fsp3) is 0.0833. The van der Waals surface area contributed by atoms with Crippen LogP contribution in [0.25, 0.3) is 10.8 Å². The average Bonchev–Trinajstić information content (AvgIpc) is 2.36. The van der Waals surface area contributed by atoms with Crippen molar-refractivity contribution in [2.24, 2.45) is 0 Å². The van der Waals surface area contributed by atoms with Crippen molar-refractivity contribution in [3.8, 4) is 5.75 Å². The van der Waals surface area contributed by atoms with Gasteiger partial charge in [0.05, 0.1) is 0 Å². The Morgan fingerprint density at radius 2 is 1.60 bits per heavy atom. The van der Waals surface area contributed by atoms with Crippen molar-refractivity contribution < 1.29 is 30.6 Å². The Hall–Kier alpha value is -2.09. The van der Waals surface area contributed by atoms with Crippen molar-refractivity contribution in [1.82, 2.24) is 0 Å². The number of hydrogen-bond acceptors (Lipinski definition) is 4. The third kappa shape index (κ3) is 2.74. The molecule has 0 amide bonds. The van der Waals surface area contributed by atoms with Crippen LogP contribution in [0.3, 0.4) is 0 Å². The van der Waals surface area contributed by atoms with E-state index in [2.05, 4.69) is 4.18 Å². The second kappa shape index (κ2) is 4.78. The van der Waals surface area contributed by atoms with E-state index in [-0.39, 0.29) is 0 Å². The van der Waals surface area contributed by atoms with Crippen molar-refractivity contribution in [3.05, 3.63) is 42.0 Å². The number of halogens is 3. The molecule has 4 nitrogen and oxygen atoms in total. The van der Waals surface area contributed by atoms with Gasteiger partial charge in [-0.15, -0.1) is 0 Å². The summed E-state index contributed by atoms with van der Waals surface area (Å²) in [6.45, 7) is 0. The SMILES string of the molecule is O=Cc1ccc2cc(OS(=O)(=O)C(F)(F)F)ccc2c1. The van der Waals surface area contributed by atoms with Crippen LogP contribution in [-0.2, 0) is 10.1 Å². The monoisotopic (exact) mass is 304 g/mol. The first-order valence-corrected chi connectivity index (χ1v) is 6.63. The molecule has 0 fully saturated rings. The summed E-state index contributed by atoms with van der Waals surface area (Å²) in [4.78, 5) is 10.6. The van der Waals surface area contributed by atoms with E-state index < -0.39 is 21.4 Å². The molecule has 0 aromatic heterocycles. The summed E-state index contributed by atoms with van der Waals surface area (Å²) in [7, 11) is -5.69. The highest BCUT2D eigenvalue weighted by Gasteiger charge is 2.48. The lowest BCUT2D eigenvalue weighted by Crippen LogP contribution is -2.28. The van der Waals surface area contributed by atoms with Gasteiger partial charge in [-0.25, -0.2) is 0 Å². The molecule has 0 aliphatic heterocycles. The first kappa shape index (κ1) is 14.3. The molecule has 0 radical (unpaired) electrons. The van der Waals surface area contributed by atoms with Gasteiger partial charge in [-0.3, -0.25) is 4.79 Å². The molecule has 2 aromatic carbocycles. The fourth-order valence-electron chi connectivity index (χ4n) is 1.54. The molecule has 0 aliphatic carbocycles. The van der Waals surface area contributed by atoms with Gasteiger partial charge < -0.3 is 4.18 Å². The molecule has 0 heterocycles.